The summed E-state index contributed by atoms with van der Waals surface area (Å²) in [6.45, 7) is 5.58. The third-order valence-electron chi connectivity index (χ3n) is 6.00. The van der Waals surface area contributed by atoms with E-state index in [2.05, 4.69) is 39.6 Å². The highest BCUT2D eigenvalue weighted by Gasteiger charge is 2.34. The monoisotopic (exact) mass is 523 g/mol. The molecule has 0 radical (unpaired) electrons. The molecule has 2 saturated heterocycles. The number of oxazole rings is 1. The van der Waals surface area contributed by atoms with Gasteiger partial charge in [0, 0.05) is 17.9 Å². The number of aromatic nitrogens is 1. The van der Waals surface area contributed by atoms with Crippen LogP contribution in [0.3, 0.4) is 0 Å². The summed E-state index contributed by atoms with van der Waals surface area (Å²) in [5, 5.41) is 0. The lowest BCUT2D eigenvalue weighted by atomic mass is 9.92. The zero-order valence-electron chi connectivity index (χ0n) is 18.3. The molecule has 2 aliphatic heterocycles. The maximum absolute atomic E-state index is 6.42. The number of rotatable bonds is 9. The molecule has 2 aromatic rings. The Hall–Kier alpha value is -1.18. The molecular formula is C25H31BrClNO4. The molecule has 5 nitrogen and oxygen atoms in total. The van der Waals surface area contributed by atoms with Crippen LogP contribution in [0.5, 0.6) is 0 Å². The van der Waals surface area contributed by atoms with Crippen LogP contribution in [0.2, 0.25) is 0 Å². The Morgan fingerprint density at radius 2 is 1.91 bits per heavy atom. The second-order valence-electron chi connectivity index (χ2n) is 8.72. The first-order chi connectivity index (χ1) is 15.6. The lowest BCUT2D eigenvalue weighted by Crippen LogP contribution is -2.36. The van der Waals surface area contributed by atoms with Crippen molar-refractivity contribution in [2.75, 3.05) is 6.61 Å². The molecule has 32 heavy (non-hydrogen) atoms. The van der Waals surface area contributed by atoms with Gasteiger partial charge in [0.2, 0.25) is 5.89 Å². The fourth-order valence-electron chi connectivity index (χ4n) is 4.51. The Morgan fingerprint density at radius 1 is 1.09 bits per heavy atom. The smallest absolute Gasteiger partial charge is 0.209 e. The summed E-state index contributed by atoms with van der Waals surface area (Å²) < 4.78 is 24.1. The summed E-state index contributed by atoms with van der Waals surface area (Å²) >= 11 is 9.63. The van der Waals surface area contributed by atoms with Crippen LogP contribution in [0, 0.1) is 0 Å². The summed E-state index contributed by atoms with van der Waals surface area (Å²) in [5.41, 5.74) is 3.26. The number of benzene rings is 1. The molecule has 0 amide bonds. The second-order valence-corrected chi connectivity index (χ2v) is 10.3. The van der Waals surface area contributed by atoms with E-state index in [4.69, 9.17) is 30.2 Å². The van der Waals surface area contributed by atoms with Gasteiger partial charge in [-0.1, -0.05) is 58.4 Å². The van der Waals surface area contributed by atoms with E-state index in [1.165, 1.54) is 11.1 Å². The minimum Gasteiger partial charge on any atom is -0.447 e. The molecule has 0 N–H and O–H groups in total. The molecule has 1 aromatic carbocycles. The Morgan fingerprint density at radius 3 is 2.69 bits per heavy atom. The van der Waals surface area contributed by atoms with Gasteiger partial charge >= 0.3 is 0 Å². The molecule has 5 atom stereocenters. The molecule has 2 aliphatic rings. The minimum absolute atomic E-state index is 0.0900. The maximum atomic E-state index is 6.42. The van der Waals surface area contributed by atoms with E-state index < -0.39 is 0 Å². The Balaban J connectivity index is 1.25. The molecule has 0 spiro atoms. The Bertz CT molecular complexity index is 861. The number of halogens is 2. The van der Waals surface area contributed by atoms with Gasteiger partial charge in [-0.05, 0) is 37.7 Å². The second kappa shape index (κ2) is 11.8. The SMILES string of the molecule is C=C1C[C@H](C[C@@H]2C[C@@H](Br)C[C@H](c3coc(CCl)n3)O2)O[C@@H](CCOCc2ccccc2)C1. The highest BCUT2D eigenvalue weighted by Crippen LogP contribution is 2.38. The van der Waals surface area contributed by atoms with Gasteiger partial charge in [-0.15, -0.1) is 11.6 Å². The maximum Gasteiger partial charge on any atom is 0.209 e. The number of hydrogen-bond acceptors (Lipinski definition) is 5. The van der Waals surface area contributed by atoms with Crippen molar-refractivity contribution in [2.24, 2.45) is 0 Å². The Labute approximate surface area is 203 Å². The average molecular weight is 525 g/mol. The molecule has 0 bridgehead atoms. The van der Waals surface area contributed by atoms with Crippen molar-refractivity contribution in [3.8, 4) is 0 Å². The highest BCUT2D eigenvalue weighted by molar-refractivity contribution is 9.09. The van der Waals surface area contributed by atoms with Crippen LogP contribution in [-0.2, 0) is 26.7 Å². The summed E-state index contributed by atoms with van der Waals surface area (Å²) in [4.78, 5) is 4.82. The summed E-state index contributed by atoms with van der Waals surface area (Å²) in [7, 11) is 0. The first-order valence-corrected chi connectivity index (χ1v) is 12.8. The molecule has 174 valence electrons. The fourth-order valence-corrected chi connectivity index (χ4v) is 5.39. The zero-order valence-corrected chi connectivity index (χ0v) is 20.6. The topological polar surface area (TPSA) is 53.7 Å². The van der Waals surface area contributed by atoms with Crippen molar-refractivity contribution < 1.29 is 18.6 Å². The van der Waals surface area contributed by atoms with E-state index in [1.807, 2.05) is 18.2 Å². The molecule has 3 heterocycles. The third kappa shape index (κ3) is 6.91. The van der Waals surface area contributed by atoms with E-state index in [0.29, 0.717) is 23.9 Å². The molecule has 1 aromatic heterocycles. The van der Waals surface area contributed by atoms with Gasteiger partial charge in [0.1, 0.15) is 18.1 Å². The quantitative estimate of drug-likeness (QED) is 0.213. The van der Waals surface area contributed by atoms with Crippen molar-refractivity contribution >= 4 is 27.5 Å². The number of hydrogen-bond donors (Lipinski definition) is 0. The van der Waals surface area contributed by atoms with Crippen molar-refractivity contribution in [1.29, 1.82) is 0 Å². The normalized spacial score (nSPS) is 28.7. The standard InChI is InChI=1S/C25H31BrClNO4/c1-17-9-20(7-8-29-15-18-5-3-2-4-6-18)31-21(10-17)13-22-11-19(26)12-24(32-22)23-16-30-25(14-27)28-23/h2-6,16,19-22,24H,1,7-15H2/t19-,20+,21-,22+,24-/m1/s1. The number of nitrogens with zero attached hydrogens (tertiary/aromatic N) is 1. The van der Waals surface area contributed by atoms with Crippen LogP contribution in [0.25, 0.3) is 0 Å². The van der Waals surface area contributed by atoms with Crippen molar-refractivity contribution in [2.45, 2.75) is 80.3 Å². The Kier molecular flexibility index (Phi) is 8.83. The van der Waals surface area contributed by atoms with E-state index in [9.17, 15) is 0 Å². The molecular weight excluding hydrogens is 494 g/mol. The molecule has 4 rings (SSSR count). The van der Waals surface area contributed by atoms with Crippen LogP contribution in [0.15, 0.2) is 53.2 Å². The van der Waals surface area contributed by atoms with Crippen LogP contribution < -0.4 is 0 Å². The zero-order chi connectivity index (χ0) is 22.3. The van der Waals surface area contributed by atoms with Gasteiger partial charge in [0.25, 0.3) is 0 Å². The first kappa shape index (κ1) is 24.0. The molecule has 2 fully saturated rings. The third-order valence-corrected chi connectivity index (χ3v) is 6.97. The fraction of sp³-hybridized carbons (Fsp3) is 0.560. The highest BCUT2D eigenvalue weighted by atomic mass is 79.9. The molecule has 0 aliphatic carbocycles. The van der Waals surface area contributed by atoms with E-state index in [-0.39, 0.29) is 30.3 Å². The van der Waals surface area contributed by atoms with Crippen molar-refractivity contribution in [3.05, 3.63) is 65.9 Å². The van der Waals surface area contributed by atoms with Gasteiger partial charge in [-0.25, -0.2) is 4.98 Å². The summed E-state index contributed by atoms with van der Waals surface area (Å²) in [5.74, 6) is 0.797. The molecule has 0 saturated carbocycles. The van der Waals surface area contributed by atoms with Gasteiger partial charge in [-0.2, -0.15) is 0 Å². The van der Waals surface area contributed by atoms with Crippen LogP contribution in [0.1, 0.15) is 61.8 Å². The van der Waals surface area contributed by atoms with Crippen LogP contribution in [-0.4, -0.2) is 34.7 Å². The van der Waals surface area contributed by atoms with E-state index >= 15 is 0 Å². The first-order valence-electron chi connectivity index (χ1n) is 11.3. The summed E-state index contributed by atoms with van der Waals surface area (Å²) in [6, 6.07) is 10.3. The lowest BCUT2D eigenvalue weighted by Gasteiger charge is -2.37. The van der Waals surface area contributed by atoms with Gasteiger partial charge in [0.15, 0.2) is 0 Å². The van der Waals surface area contributed by atoms with Gasteiger partial charge < -0.3 is 18.6 Å². The van der Waals surface area contributed by atoms with E-state index in [0.717, 1.165) is 44.2 Å². The molecule has 7 heteroatoms. The predicted molar refractivity (Wildman–Crippen MR) is 128 cm³/mol. The predicted octanol–water partition coefficient (Wildman–Crippen LogP) is 6.50. The molecule has 0 unspecified atom stereocenters. The minimum atomic E-state index is -0.0900. The van der Waals surface area contributed by atoms with Gasteiger partial charge in [-0.3, -0.25) is 0 Å². The van der Waals surface area contributed by atoms with Crippen molar-refractivity contribution in [1.82, 2.24) is 4.98 Å². The average Bonchev–Trinajstić information content (AvgIpc) is 3.26. The number of alkyl halides is 2. The van der Waals surface area contributed by atoms with Crippen molar-refractivity contribution in [3.63, 3.8) is 0 Å². The summed E-state index contributed by atoms with van der Waals surface area (Å²) in [6.07, 6.45) is 7.27. The lowest BCUT2D eigenvalue weighted by molar-refractivity contribution is -0.103. The van der Waals surface area contributed by atoms with Gasteiger partial charge in [0.05, 0.1) is 30.8 Å². The van der Waals surface area contributed by atoms with Crippen LogP contribution >= 0.6 is 27.5 Å². The number of ether oxygens (including phenoxy) is 3. The largest absolute Gasteiger partial charge is 0.447 e. The van der Waals surface area contributed by atoms with E-state index in [1.54, 1.807) is 6.26 Å². The van der Waals surface area contributed by atoms with Crippen LogP contribution in [0.4, 0.5) is 0 Å².